The van der Waals surface area contributed by atoms with Crippen LogP contribution in [0.25, 0.3) is 28.1 Å². The minimum absolute atomic E-state index is 0.0352. The molecular formula is C37H27ClN4O3S2. The summed E-state index contributed by atoms with van der Waals surface area (Å²) in [4.78, 5) is 44.3. The van der Waals surface area contributed by atoms with Crippen LogP contribution in [0.2, 0.25) is 5.02 Å². The van der Waals surface area contributed by atoms with Gasteiger partial charge in [0.1, 0.15) is 5.70 Å². The molecule has 0 aliphatic carbocycles. The molecule has 0 atom stereocenters. The Hall–Kier alpha value is -5.22. The van der Waals surface area contributed by atoms with Crippen molar-refractivity contribution in [1.29, 1.82) is 0 Å². The number of aromatic nitrogens is 1. The number of halogens is 1. The van der Waals surface area contributed by atoms with Gasteiger partial charge in [-0.05, 0) is 70.9 Å². The van der Waals surface area contributed by atoms with Crippen molar-refractivity contribution in [3.05, 3.63) is 149 Å². The van der Waals surface area contributed by atoms with Crippen LogP contribution in [0.1, 0.15) is 15.9 Å². The van der Waals surface area contributed by atoms with Crippen LogP contribution in [0.5, 0.6) is 0 Å². The van der Waals surface area contributed by atoms with Crippen molar-refractivity contribution in [2.45, 2.75) is 4.90 Å². The van der Waals surface area contributed by atoms with Crippen molar-refractivity contribution in [3.8, 4) is 11.3 Å². The van der Waals surface area contributed by atoms with E-state index in [1.54, 1.807) is 60.7 Å². The summed E-state index contributed by atoms with van der Waals surface area (Å²) >= 11 is 9.07. The second kappa shape index (κ2) is 14.9. The van der Waals surface area contributed by atoms with Crippen LogP contribution in [0, 0.1) is 0 Å². The van der Waals surface area contributed by atoms with Crippen LogP contribution >= 0.6 is 34.7 Å². The monoisotopic (exact) mass is 674 g/mol. The van der Waals surface area contributed by atoms with Gasteiger partial charge in [-0.2, -0.15) is 0 Å². The molecule has 10 heteroatoms. The lowest BCUT2D eigenvalue weighted by Gasteiger charge is -2.12. The first kappa shape index (κ1) is 31.7. The molecule has 3 N–H and O–H groups in total. The van der Waals surface area contributed by atoms with Gasteiger partial charge in [-0.1, -0.05) is 84.4 Å². The maximum Gasteiger partial charge on any atom is 0.272 e. The van der Waals surface area contributed by atoms with Crippen molar-refractivity contribution in [2.24, 2.45) is 0 Å². The van der Waals surface area contributed by atoms with Gasteiger partial charge >= 0.3 is 0 Å². The Morgan fingerprint density at radius 2 is 1.51 bits per heavy atom. The number of rotatable bonds is 10. The zero-order chi connectivity index (χ0) is 32.6. The van der Waals surface area contributed by atoms with E-state index in [9.17, 15) is 14.4 Å². The van der Waals surface area contributed by atoms with E-state index in [1.807, 2.05) is 41.8 Å². The number of carbonyl (C=O) groups excluding carboxylic acids is 3. The number of thiazole rings is 1. The summed E-state index contributed by atoms with van der Waals surface area (Å²) in [7, 11) is 0. The van der Waals surface area contributed by atoms with E-state index in [-0.39, 0.29) is 17.4 Å². The Morgan fingerprint density at radius 3 is 2.30 bits per heavy atom. The van der Waals surface area contributed by atoms with Gasteiger partial charge in [0.15, 0.2) is 5.13 Å². The molecule has 1 heterocycles. The first-order valence-corrected chi connectivity index (χ1v) is 16.8. The third-order valence-corrected chi connectivity index (χ3v) is 9.13. The average molecular weight is 675 g/mol. The summed E-state index contributed by atoms with van der Waals surface area (Å²) in [5.74, 6) is -0.921. The molecule has 0 saturated heterocycles. The summed E-state index contributed by atoms with van der Waals surface area (Å²) < 4.78 is 0. The molecule has 47 heavy (non-hydrogen) atoms. The minimum Gasteiger partial charge on any atom is -0.321 e. The first-order valence-electron chi connectivity index (χ1n) is 14.5. The lowest BCUT2D eigenvalue weighted by molar-refractivity contribution is -0.114. The van der Waals surface area contributed by atoms with Crippen LogP contribution < -0.4 is 16.0 Å². The number of carbonyl (C=O) groups is 3. The molecule has 0 aliphatic heterocycles. The number of thioether (sulfide) groups is 1. The Morgan fingerprint density at radius 1 is 0.787 bits per heavy atom. The van der Waals surface area contributed by atoms with E-state index >= 15 is 0 Å². The number of nitrogens with one attached hydrogen (secondary N) is 3. The molecule has 0 spiro atoms. The summed E-state index contributed by atoms with van der Waals surface area (Å²) in [6, 6.07) is 37.1. The van der Waals surface area contributed by atoms with Crippen molar-refractivity contribution < 1.29 is 14.4 Å². The average Bonchev–Trinajstić information content (AvgIpc) is 3.57. The zero-order valence-corrected chi connectivity index (χ0v) is 27.2. The predicted molar refractivity (Wildman–Crippen MR) is 193 cm³/mol. The number of nitrogens with zero attached hydrogens (tertiary/aromatic N) is 1. The number of hydrogen-bond donors (Lipinski definition) is 3. The van der Waals surface area contributed by atoms with Gasteiger partial charge in [-0.25, -0.2) is 4.98 Å². The molecule has 1 aromatic heterocycles. The molecule has 7 nitrogen and oxygen atoms in total. The molecule has 0 unspecified atom stereocenters. The summed E-state index contributed by atoms with van der Waals surface area (Å²) in [6.07, 6.45) is 1.54. The maximum absolute atomic E-state index is 13.3. The van der Waals surface area contributed by atoms with E-state index in [0.29, 0.717) is 27.0 Å². The largest absolute Gasteiger partial charge is 0.321 e. The van der Waals surface area contributed by atoms with E-state index in [0.717, 1.165) is 26.9 Å². The van der Waals surface area contributed by atoms with Gasteiger partial charge in [0.2, 0.25) is 5.91 Å². The van der Waals surface area contributed by atoms with Gasteiger partial charge < -0.3 is 16.0 Å². The molecule has 0 fully saturated rings. The van der Waals surface area contributed by atoms with E-state index in [2.05, 4.69) is 45.2 Å². The Bertz CT molecular complexity index is 2100. The lowest BCUT2D eigenvalue weighted by Crippen LogP contribution is -2.30. The second-order valence-electron chi connectivity index (χ2n) is 10.3. The SMILES string of the molecule is O=C(CSc1ccc(NC(=O)/C(=C/c2ccccc2Cl)NC(=O)c2ccccc2)cc1)Nc1nc(-c2ccc3ccccc3c2)cs1. The fourth-order valence-electron chi connectivity index (χ4n) is 4.64. The quantitative estimate of drug-likeness (QED) is 0.0997. The molecule has 0 bridgehead atoms. The Kier molecular flexibility index (Phi) is 10.1. The number of benzene rings is 5. The number of fused-ring (bicyclic) bond motifs is 1. The molecule has 0 saturated carbocycles. The fraction of sp³-hybridized carbons (Fsp3) is 0.0270. The van der Waals surface area contributed by atoms with Crippen molar-refractivity contribution in [2.75, 3.05) is 16.4 Å². The van der Waals surface area contributed by atoms with Crippen molar-refractivity contribution in [1.82, 2.24) is 10.3 Å². The van der Waals surface area contributed by atoms with Gasteiger partial charge in [0, 0.05) is 32.1 Å². The molecule has 3 amide bonds. The normalized spacial score (nSPS) is 11.2. The maximum atomic E-state index is 13.3. The van der Waals surface area contributed by atoms with E-state index < -0.39 is 11.8 Å². The first-order chi connectivity index (χ1) is 22.9. The molecule has 232 valence electrons. The molecule has 6 aromatic rings. The van der Waals surface area contributed by atoms with Crippen molar-refractivity contribution >= 4 is 80.1 Å². The molecule has 5 aromatic carbocycles. The highest BCUT2D eigenvalue weighted by atomic mass is 35.5. The van der Waals surface area contributed by atoms with E-state index in [1.165, 1.54) is 29.2 Å². The Labute approximate surface area is 284 Å². The summed E-state index contributed by atoms with van der Waals surface area (Å²) in [5.41, 5.74) is 3.36. The molecule has 0 aliphatic rings. The van der Waals surface area contributed by atoms with Crippen LogP contribution in [0.15, 0.2) is 137 Å². The highest BCUT2D eigenvalue weighted by Crippen LogP contribution is 2.28. The van der Waals surface area contributed by atoms with Crippen LogP contribution in [0.3, 0.4) is 0 Å². The minimum atomic E-state index is -0.513. The van der Waals surface area contributed by atoms with Crippen LogP contribution in [0.4, 0.5) is 10.8 Å². The zero-order valence-electron chi connectivity index (χ0n) is 24.8. The molecule has 6 rings (SSSR count). The van der Waals surface area contributed by atoms with Crippen LogP contribution in [-0.4, -0.2) is 28.5 Å². The lowest BCUT2D eigenvalue weighted by atomic mass is 10.1. The smallest absolute Gasteiger partial charge is 0.272 e. The van der Waals surface area contributed by atoms with Crippen LogP contribution in [-0.2, 0) is 9.59 Å². The van der Waals surface area contributed by atoms with Gasteiger partial charge in [-0.15, -0.1) is 23.1 Å². The highest BCUT2D eigenvalue weighted by molar-refractivity contribution is 8.00. The Balaban J connectivity index is 1.05. The number of amides is 3. The topological polar surface area (TPSA) is 100 Å². The number of anilines is 2. The molecular weight excluding hydrogens is 648 g/mol. The highest BCUT2D eigenvalue weighted by Gasteiger charge is 2.16. The van der Waals surface area contributed by atoms with E-state index in [4.69, 9.17) is 11.6 Å². The van der Waals surface area contributed by atoms with Crippen molar-refractivity contribution in [3.63, 3.8) is 0 Å². The third-order valence-electron chi connectivity index (χ3n) is 7.01. The standard InChI is InChI=1S/C37H27ClN4O3S2/c38-31-13-7-6-12-27(31)21-32(40-35(44)25-9-2-1-3-10-25)36(45)39-29-16-18-30(19-17-29)46-23-34(43)42-37-41-33(22-47-37)28-15-14-24-8-4-5-11-26(24)20-28/h1-22H,23H2,(H,39,45)(H,40,44)(H,41,42,43)/b32-21-. The second-order valence-corrected chi connectivity index (χ2v) is 12.6. The molecule has 0 radical (unpaired) electrons. The fourth-order valence-corrected chi connectivity index (χ4v) is 6.26. The summed E-state index contributed by atoms with van der Waals surface area (Å²) in [5, 5.41) is 13.6. The predicted octanol–water partition coefficient (Wildman–Crippen LogP) is 8.76. The van der Waals surface area contributed by atoms with Gasteiger partial charge in [-0.3, -0.25) is 14.4 Å². The number of hydrogen-bond acceptors (Lipinski definition) is 6. The summed E-state index contributed by atoms with van der Waals surface area (Å²) in [6.45, 7) is 0. The third kappa shape index (κ3) is 8.33. The van der Waals surface area contributed by atoms with Gasteiger partial charge in [0.05, 0.1) is 11.4 Å². The van der Waals surface area contributed by atoms with Gasteiger partial charge in [0.25, 0.3) is 11.8 Å².